The van der Waals surface area contributed by atoms with Crippen molar-refractivity contribution in [3.63, 3.8) is 0 Å². The van der Waals surface area contributed by atoms with Crippen LogP contribution in [-0.2, 0) is 0 Å². The Hall–Kier alpha value is -0.0800. The van der Waals surface area contributed by atoms with Crippen molar-refractivity contribution in [3.8, 4) is 0 Å². The van der Waals surface area contributed by atoms with E-state index in [-0.39, 0.29) is 0 Å². The first-order valence-electron chi connectivity index (χ1n) is 7.61. The summed E-state index contributed by atoms with van der Waals surface area (Å²) in [7, 11) is 0. The van der Waals surface area contributed by atoms with Crippen LogP contribution in [0.3, 0.4) is 0 Å². The highest BCUT2D eigenvalue weighted by Crippen LogP contribution is 2.17. The second-order valence-corrected chi connectivity index (χ2v) is 5.26. The molecule has 2 heteroatoms. The van der Waals surface area contributed by atoms with Crippen LogP contribution in [0.15, 0.2) is 0 Å². The molecule has 2 unspecified atom stereocenters. The lowest BCUT2D eigenvalue weighted by atomic mass is 9.97. The molecule has 1 N–H and O–H groups in total. The van der Waals surface area contributed by atoms with Crippen LogP contribution < -0.4 is 5.32 Å². The van der Waals surface area contributed by atoms with E-state index in [2.05, 4.69) is 51.8 Å². The van der Waals surface area contributed by atoms with E-state index in [9.17, 15) is 0 Å². The van der Waals surface area contributed by atoms with Crippen molar-refractivity contribution in [2.75, 3.05) is 13.1 Å². The van der Waals surface area contributed by atoms with Gasteiger partial charge in [-0.1, -0.05) is 34.1 Å². The Morgan fingerprint density at radius 3 is 2.00 bits per heavy atom. The average Bonchev–Trinajstić information content (AvgIpc) is 2.29. The van der Waals surface area contributed by atoms with Crippen molar-refractivity contribution in [1.82, 2.24) is 10.2 Å². The number of nitrogens with zero attached hydrogens (tertiary/aromatic N) is 1. The standard InChI is InChI=1S/C15H34N2/c1-7-11-14(16-10-4)15(9-3)17(12-8-2)13(5)6/h13-16H,7-12H2,1-6H3. The van der Waals surface area contributed by atoms with Crippen molar-refractivity contribution in [3.05, 3.63) is 0 Å². The minimum absolute atomic E-state index is 0.651. The molecule has 0 bridgehead atoms. The van der Waals surface area contributed by atoms with Crippen LogP contribution >= 0.6 is 0 Å². The molecule has 0 radical (unpaired) electrons. The molecular formula is C15H34N2. The van der Waals surface area contributed by atoms with Crippen molar-refractivity contribution in [1.29, 1.82) is 0 Å². The molecule has 0 amide bonds. The molecule has 2 nitrogen and oxygen atoms in total. The summed E-state index contributed by atoms with van der Waals surface area (Å²) >= 11 is 0. The van der Waals surface area contributed by atoms with Crippen LogP contribution in [-0.4, -0.2) is 36.1 Å². The highest BCUT2D eigenvalue weighted by molar-refractivity contribution is 4.85. The summed E-state index contributed by atoms with van der Waals surface area (Å²) in [4.78, 5) is 2.68. The van der Waals surface area contributed by atoms with E-state index in [0.29, 0.717) is 18.1 Å². The van der Waals surface area contributed by atoms with Gasteiger partial charge >= 0.3 is 0 Å². The van der Waals surface area contributed by atoms with Gasteiger partial charge in [0.2, 0.25) is 0 Å². The van der Waals surface area contributed by atoms with E-state index < -0.39 is 0 Å². The Kier molecular flexibility index (Phi) is 9.85. The minimum Gasteiger partial charge on any atom is -0.313 e. The zero-order valence-corrected chi connectivity index (χ0v) is 12.9. The van der Waals surface area contributed by atoms with Crippen LogP contribution in [0.2, 0.25) is 0 Å². The fourth-order valence-electron chi connectivity index (χ4n) is 2.82. The maximum Gasteiger partial charge on any atom is 0.0249 e. The van der Waals surface area contributed by atoms with Gasteiger partial charge in [0, 0.05) is 18.1 Å². The van der Waals surface area contributed by atoms with E-state index in [1.165, 1.54) is 32.2 Å². The Bertz CT molecular complexity index is 162. The summed E-state index contributed by atoms with van der Waals surface area (Å²) in [5, 5.41) is 3.69. The van der Waals surface area contributed by atoms with Crippen LogP contribution in [0.5, 0.6) is 0 Å². The van der Waals surface area contributed by atoms with Crippen LogP contribution in [0.25, 0.3) is 0 Å². The quantitative estimate of drug-likeness (QED) is 0.629. The van der Waals surface area contributed by atoms with E-state index in [1.54, 1.807) is 0 Å². The van der Waals surface area contributed by atoms with Crippen molar-refractivity contribution >= 4 is 0 Å². The van der Waals surface area contributed by atoms with Gasteiger partial charge in [-0.15, -0.1) is 0 Å². The lowest BCUT2D eigenvalue weighted by Gasteiger charge is -2.39. The number of hydrogen-bond donors (Lipinski definition) is 1. The molecular weight excluding hydrogens is 208 g/mol. The zero-order valence-electron chi connectivity index (χ0n) is 12.9. The first kappa shape index (κ1) is 16.9. The summed E-state index contributed by atoms with van der Waals surface area (Å²) in [6.45, 7) is 16.1. The number of nitrogens with one attached hydrogen (secondary N) is 1. The molecule has 0 aliphatic rings. The molecule has 17 heavy (non-hydrogen) atoms. The predicted octanol–water partition coefficient (Wildman–Crippen LogP) is 3.66. The molecule has 0 aromatic rings. The summed E-state index contributed by atoms with van der Waals surface area (Å²) < 4.78 is 0. The number of rotatable bonds is 10. The molecule has 0 spiro atoms. The molecule has 0 aromatic carbocycles. The van der Waals surface area contributed by atoms with Crippen LogP contribution in [0.1, 0.15) is 67.2 Å². The third kappa shape index (κ3) is 5.87. The van der Waals surface area contributed by atoms with Gasteiger partial charge in [0.05, 0.1) is 0 Å². The second kappa shape index (κ2) is 9.90. The first-order chi connectivity index (χ1) is 8.12. The highest BCUT2D eigenvalue weighted by atomic mass is 15.2. The SMILES string of the molecule is CCCC(NCC)C(CC)N(CCC)C(C)C. The summed E-state index contributed by atoms with van der Waals surface area (Å²) in [5.41, 5.74) is 0. The Balaban J connectivity index is 4.68. The van der Waals surface area contributed by atoms with Crippen molar-refractivity contribution in [2.24, 2.45) is 0 Å². The maximum absolute atomic E-state index is 3.69. The predicted molar refractivity (Wildman–Crippen MR) is 78.6 cm³/mol. The van der Waals surface area contributed by atoms with Crippen molar-refractivity contribution < 1.29 is 0 Å². The monoisotopic (exact) mass is 242 g/mol. The van der Waals surface area contributed by atoms with Gasteiger partial charge in [-0.05, 0) is 46.2 Å². The van der Waals surface area contributed by atoms with Gasteiger partial charge in [0.1, 0.15) is 0 Å². The Labute approximate surface area is 109 Å². The molecule has 0 aliphatic carbocycles. The third-order valence-electron chi connectivity index (χ3n) is 3.52. The van der Waals surface area contributed by atoms with Gasteiger partial charge in [0.15, 0.2) is 0 Å². The van der Waals surface area contributed by atoms with E-state index in [1.807, 2.05) is 0 Å². The maximum atomic E-state index is 3.69. The summed E-state index contributed by atoms with van der Waals surface area (Å²) in [6.07, 6.45) is 5.06. The van der Waals surface area contributed by atoms with Gasteiger partial charge in [-0.25, -0.2) is 0 Å². The fraction of sp³-hybridized carbons (Fsp3) is 1.00. The largest absolute Gasteiger partial charge is 0.313 e. The minimum atomic E-state index is 0.651. The molecule has 0 aromatic heterocycles. The van der Waals surface area contributed by atoms with E-state index in [0.717, 1.165) is 6.54 Å². The average molecular weight is 242 g/mol. The zero-order chi connectivity index (χ0) is 13.3. The second-order valence-electron chi connectivity index (χ2n) is 5.26. The molecule has 0 saturated heterocycles. The first-order valence-corrected chi connectivity index (χ1v) is 7.61. The van der Waals surface area contributed by atoms with Crippen LogP contribution in [0.4, 0.5) is 0 Å². The van der Waals surface area contributed by atoms with Gasteiger partial charge < -0.3 is 5.32 Å². The third-order valence-corrected chi connectivity index (χ3v) is 3.52. The van der Waals surface area contributed by atoms with Gasteiger partial charge in [-0.3, -0.25) is 4.90 Å². The number of hydrogen-bond acceptors (Lipinski definition) is 2. The van der Waals surface area contributed by atoms with Gasteiger partial charge in [0.25, 0.3) is 0 Å². The topological polar surface area (TPSA) is 15.3 Å². The molecule has 0 fully saturated rings. The lowest BCUT2D eigenvalue weighted by molar-refractivity contribution is 0.113. The summed E-state index contributed by atoms with van der Waals surface area (Å²) in [6, 6.07) is 2.00. The molecule has 2 atom stereocenters. The fourth-order valence-corrected chi connectivity index (χ4v) is 2.82. The van der Waals surface area contributed by atoms with Crippen molar-refractivity contribution in [2.45, 2.75) is 85.4 Å². The molecule has 0 aliphatic heterocycles. The van der Waals surface area contributed by atoms with Crippen LogP contribution in [0, 0.1) is 0 Å². The molecule has 0 rings (SSSR count). The molecule has 104 valence electrons. The number of likely N-dealkylation sites (N-methyl/N-ethyl adjacent to an activating group) is 1. The Morgan fingerprint density at radius 2 is 1.65 bits per heavy atom. The van der Waals surface area contributed by atoms with E-state index in [4.69, 9.17) is 0 Å². The molecule has 0 saturated carbocycles. The Morgan fingerprint density at radius 1 is 1.00 bits per heavy atom. The smallest absolute Gasteiger partial charge is 0.0249 e. The lowest BCUT2D eigenvalue weighted by Crippen LogP contribution is -2.52. The van der Waals surface area contributed by atoms with Gasteiger partial charge in [-0.2, -0.15) is 0 Å². The van der Waals surface area contributed by atoms with E-state index >= 15 is 0 Å². The molecule has 0 heterocycles. The normalized spacial score (nSPS) is 15.5. The highest BCUT2D eigenvalue weighted by Gasteiger charge is 2.25. The summed E-state index contributed by atoms with van der Waals surface area (Å²) in [5.74, 6) is 0.